The van der Waals surface area contributed by atoms with Gasteiger partial charge >= 0.3 is 0 Å². The van der Waals surface area contributed by atoms with Crippen molar-refractivity contribution in [3.05, 3.63) is 58.0 Å². The summed E-state index contributed by atoms with van der Waals surface area (Å²) in [4.78, 5) is 0. The first-order valence-corrected chi connectivity index (χ1v) is 6.56. The lowest BCUT2D eigenvalue weighted by Crippen LogP contribution is -2.22. The minimum Gasteiger partial charge on any atom is -0.448 e. The molecule has 1 aromatic heterocycles. The molecule has 2 aromatic rings. The molecule has 0 saturated carbocycles. The topological polar surface area (TPSA) is 25.2 Å². The second kappa shape index (κ2) is 5.59. The molecule has 2 rings (SSSR count). The van der Waals surface area contributed by atoms with Gasteiger partial charge in [-0.3, -0.25) is 0 Å². The molecule has 0 aliphatic heterocycles. The Balaban J connectivity index is 2.44. The Kier molecular flexibility index (Phi) is 4.10. The quantitative estimate of drug-likeness (QED) is 0.892. The molecule has 0 radical (unpaired) electrons. The largest absolute Gasteiger partial charge is 0.448 e. The van der Waals surface area contributed by atoms with Crippen molar-refractivity contribution in [2.75, 3.05) is 6.54 Å². The van der Waals surface area contributed by atoms with E-state index in [9.17, 15) is 0 Å². The zero-order chi connectivity index (χ0) is 13.1. The van der Waals surface area contributed by atoms with Crippen molar-refractivity contribution >= 4 is 11.6 Å². The molecule has 1 heterocycles. The highest BCUT2D eigenvalue weighted by Gasteiger charge is 2.19. The number of furan rings is 1. The molecule has 0 aliphatic carbocycles. The standard InChI is InChI=1S/C15H18ClNO/c1-4-17-15(13-8-9-14(16)18-13)12-7-5-6-10(2)11(12)3/h5-9,15,17H,4H2,1-3H3. The minimum absolute atomic E-state index is 0.0578. The fourth-order valence-electron chi connectivity index (χ4n) is 2.14. The Hall–Kier alpha value is -1.25. The SMILES string of the molecule is CCNC(c1ccc(Cl)o1)c1cccc(C)c1C. The molecule has 0 spiro atoms. The average molecular weight is 264 g/mol. The third-order valence-corrected chi connectivity index (χ3v) is 3.45. The van der Waals surface area contributed by atoms with E-state index in [1.807, 2.05) is 6.07 Å². The zero-order valence-corrected chi connectivity index (χ0v) is 11.7. The molecule has 0 bridgehead atoms. The second-order valence-corrected chi connectivity index (χ2v) is 4.79. The van der Waals surface area contributed by atoms with Crippen molar-refractivity contribution in [2.24, 2.45) is 0 Å². The summed E-state index contributed by atoms with van der Waals surface area (Å²) in [5.41, 5.74) is 3.81. The molecule has 0 aliphatic rings. The van der Waals surface area contributed by atoms with Crippen LogP contribution in [0.4, 0.5) is 0 Å². The van der Waals surface area contributed by atoms with Gasteiger partial charge in [0.05, 0.1) is 6.04 Å². The Morgan fingerprint density at radius 1 is 1.22 bits per heavy atom. The fraction of sp³-hybridized carbons (Fsp3) is 0.333. The molecule has 0 fully saturated rings. The van der Waals surface area contributed by atoms with Gasteiger partial charge < -0.3 is 9.73 Å². The molecular weight excluding hydrogens is 246 g/mol. The van der Waals surface area contributed by atoms with Crippen LogP contribution in [0.1, 0.15) is 35.4 Å². The van der Waals surface area contributed by atoms with E-state index in [-0.39, 0.29) is 6.04 Å². The monoisotopic (exact) mass is 263 g/mol. The number of hydrogen-bond acceptors (Lipinski definition) is 2. The van der Waals surface area contributed by atoms with Crippen molar-refractivity contribution in [1.29, 1.82) is 0 Å². The summed E-state index contributed by atoms with van der Waals surface area (Å²) in [5.74, 6) is 0.857. The first kappa shape index (κ1) is 13.2. The van der Waals surface area contributed by atoms with Crippen LogP contribution < -0.4 is 5.32 Å². The number of benzene rings is 1. The molecular formula is C15H18ClNO. The van der Waals surface area contributed by atoms with Crippen LogP contribution in [0.25, 0.3) is 0 Å². The Bertz CT molecular complexity index is 533. The Morgan fingerprint density at radius 3 is 2.61 bits per heavy atom. The molecule has 1 atom stereocenters. The maximum atomic E-state index is 5.87. The summed E-state index contributed by atoms with van der Waals surface area (Å²) in [7, 11) is 0. The van der Waals surface area contributed by atoms with E-state index in [4.69, 9.17) is 16.0 Å². The van der Waals surface area contributed by atoms with Crippen LogP contribution in [0.5, 0.6) is 0 Å². The maximum absolute atomic E-state index is 5.87. The Labute approximate surface area is 113 Å². The highest BCUT2D eigenvalue weighted by molar-refractivity contribution is 6.28. The van der Waals surface area contributed by atoms with Crippen molar-refractivity contribution in [3.8, 4) is 0 Å². The number of nitrogens with one attached hydrogen (secondary N) is 1. The van der Waals surface area contributed by atoms with Gasteiger partial charge in [-0.15, -0.1) is 0 Å². The minimum atomic E-state index is 0.0578. The summed E-state index contributed by atoms with van der Waals surface area (Å²) in [6.45, 7) is 7.22. The number of aryl methyl sites for hydroxylation is 1. The zero-order valence-electron chi connectivity index (χ0n) is 11.0. The highest BCUT2D eigenvalue weighted by Crippen LogP contribution is 2.29. The van der Waals surface area contributed by atoms with E-state index in [0.29, 0.717) is 5.22 Å². The van der Waals surface area contributed by atoms with Crippen LogP contribution in [0.15, 0.2) is 34.7 Å². The lowest BCUT2D eigenvalue weighted by Gasteiger charge is -2.19. The van der Waals surface area contributed by atoms with Crippen molar-refractivity contribution in [2.45, 2.75) is 26.8 Å². The predicted molar refractivity (Wildman–Crippen MR) is 75.2 cm³/mol. The van der Waals surface area contributed by atoms with E-state index < -0.39 is 0 Å². The van der Waals surface area contributed by atoms with Gasteiger partial charge in [-0.2, -0.15) is 0 Å². The van der Waals surface area contributed by atoms with Gasteiger partial charge in [0.1, 0.15) is 5.76 Å². The van der Waals surface area contributed by atoms with E-state index in [2.05, 4.69) is 44.3 Å². The Morgan fingerprint density at radius 2 is 2.00 bits per heavy atom. The summed E-state index contributed by atoms with van der Waals surface area (Å²) in [5, 5.41) is 3.87. The predicted octanol–water partition coefficient (Wildman–Crippen LogP) is 4.25. The lowest BCUT2D eigenvalue weighted by molar-refractivity contribution is 0.452. The van der Waals surface area contributed by atoms with Crippen molar-refractivity contribution < 1.29 is 4.42 Å². The van der Waals surface area contributed by atoms with Crippen LogP contribution in [-0.4, -0.2) is 6.54 Å². The number of halogens is 1. The molecule has 1 aromatic carbocycles. The van der Waals surface area contributed by atoms with Gasteiger partial charge in [0, 0.05) is 0 Å². The van der Waals surface area contributed by atoms with Gasteiger partial charge in [0.15, 0.2) is 5.22 Å². The van der Waals surface area contributed by atoms with Crippen LogP contribution in [-0.2, 0) is 0 Å². The maximum Gasteiger partial charge on any atom is 0.193 e. The first-order valence-electron chi connectivity index (χ1n) is 6.18. The molecule has 3 heteroatoms. The molecule has 1 unspecified atom stereocenters. The number of rotatable bonds is 4. The van der Waals surface area contributed by atoms with Gasteiger partial charge in [-0.05, 0) is 60.8 Å². The second-order valence-electron chi connectivity index (χ2n) is 4.42. The smallest absolute Gasteiger partial charge is 0.193 e. The third kappa shape index (κ3) is 2.60. The summed E-state index contributed by atoms with van der Waals surface area (Å²) < 4.78 is 5.55. The molecule has 2 nitrogen and oxygen atoms in total. The third-order valence-electron chi connectivity index (χ3n) is 3.24. The summed E-state index contributed by atoms with van der Waals surface area (Å²) >= 11 is 5.87. The van der Waals surface area contributed by atoms with E-state index >= 15 is 0 Å². The van der Waals surface area contributed by atoms with E-state index in [0.717, 1.165) is 12.3 Å². The molecule has 0 amide bonds. The van der Waals surface area contributed by atoms with E-state index in [1.165, 1.54) is 16.7 Å². The summed E-state index contributed by atoms with van der Waals surface area (Å²) in [6.07, 6.45) is 0. The molecule has 1 N–H and O–H groups in total. The molecule has 0 saturated heterocycles. The molecule has 96 valence electrons. The average Bonchev–Trinajstić information content (AvgIpc) is 2.77. The van der Waals surface area contributed by atoms with Gasteiger partial charge in [0.25, 0.3) is 0 Å². The summed E-state index contributed by atoms with van der Waals surface area (Å²) in [6, 6.07) is 10.1. The van der Waals surface area contributed by atoms with Gasteiger partial charge in [0.2, 0.25) is 0 Å². The van der Waals surface area contributed by atoms with Crippen LogP contribution >= 0.6 is 11.6 Å². The van der Waals surface area contributed by atoms with Crippen LogP contribution in [0, 0.1) is 13.8 Å². The highest BCUT2D eigenvalue weighted by atomic mass is 35.5. The van der Waals surface area contributed by atoms with Gasteiger partial charge in [-0.25, -0.2) is 0 Å². The van der Waals surface area contributed by atoms with E-state index in [1.54, 1.807) is 6.07 Å². The fourth-order valence-corrected chi connectivity index (χ4v) is 2.29. The molecule has 18 heavy (non-hydrogen) atoms. The number of hydrogen-bond donors (Lipinski definition) is 1. The van der Waals surface area contributed by atoms with Gasteiger partial charge in [-0.1, -0.05) is 25.1 Å². The normalized spacial score (nSPS) is 12.7. The lowest BCUT2D eigenvalue weighted by atomic mass is 9.96. The van der Waals surface area contributed by atoms with Crippen molar-refractivity contribution in [3.63, 3.8) is 0 Å². The van der Waals surface area contributed by atoms with Crippen LogP contribution in [0.3, 0.4) is 0 Å². The van der Waals surface area contributed by atoms with Crippen LogP contribution in [0.2, 0.25) is 5.22 Å². The van der Waals surface area contributed by atoms with Crippen molar-refractivity contribution in [1.82, 2.24) is 5.32 Å². The first-order chi connectivity index (χ1) is 8.63.